The molecule has 0 heterocycles. The Kier molecular flexibility index (Phi) is 1.74. The Balaban J connectivity index is 1.67. The SMILES string of the molecule is O=CC1CC2CC1C1C3CC(C=O)C(C3)C21. The van der Waals surface area contributed by atoms with Crippen molar-refractivity contribution in [1.82, 2.24) is 0 Å². The van der Waals surface area contributed by atoms with Crippen molar-refractivity contribution < 1.29 is 9.59 Å². The molecule has 0 N–H and O–H groups in total. The van der Waals surface area contributed by atoms with E-state index in [0.717, 1.165) is 36.5 Å². The molecule has 0 radical (unpaired) electrons. The smallest absolute Gasteiger partial charge is 0.123 e. The zero-order chi connectivity index (χ0) is 10.9. The fourth-order valence-electron chi connectivity index (χ4n) is 6.02. The second-order valence-electron chi connectivity index (χ2n) is 6.55. The largest absolute Gasteiger partial charge is 0.303 e. The van der Waals surface area contributed by atoms with Gasteiger partial charge in [-0.3, -0.25) is 0 Å². The molecule has 4 bridgehead atoms. The van der Waals surface area contributed by atoms with Gasteiger partial charge in [-0.15, -0.1) is 0 Å². The zero-order valence-electron chi connectivity index (χ0n) is 9.42. The number of hydrogen-bond donors (Lipinski definition) is 0. The molecule has 0 aromatic rings. The number of hydrogen-bond acceptors (Lipinski definition) is 2. The Morgan fingerprint density at radius 1 is 0.688 bits per heavy atom. The van der Waals surface area contributed by atoms with Crippen LogP contribution in [0.4, 0.5) is 0 Å². The number of aldehydes is 2. The molecule has 4 aliphatic carbocycles. The highest BCUT2D eigenvalue weighted by molar-refractivity contribution is 5.57. The van der Waals surface area contributed by atoms with Crippen molar-refractivity contribution in [3.63, 3.8) is 0 Å². The topological polar surface area (TPSA) is 34.1 Å². The molecule has 2 nitrogen and oxygen atoms in total. The standard InChI is InChI=1S/C14H18O2/c15-5-9-1-7-3-11(9)14-8-2-10(6-16)12(4-8)13(7)14/h5-14H,1-4H2. The molecule has 0 aromatic heterocycles. The average molecular weight is 218 g/mol. The molecular formula is C14H18O2. The third kappa shape index (κ3) is 0.906. The lowest BCUT2D eigenvalue weighted by molar-refractivity contribution is -0.117. The summed E-state index contributed by atoms with van der Waals surface area (Å²) in [4.78, 5) is 22.1. The van der Waals surface area contributed by atoms with Crippen LogP contribution in [0, 0.1) is 47.3 Å². The minimum Gasteiger partial charge on any atom is -0.303 e. The monoisotopic (exact) mass is 218 g/mol. The number of rotatable bonds is 2. The molecular weight excluding hydrogens is 200 g/mol. The maximum atomic E-state index is 11.1. The lowest BCUT2D eigenvalue weighted by atomic mass is 9.65. The first-order chi connectivity index (χ1) is 7.83. The highest BCUT2D eigenvalue weighted by atomic mass is 16.1. The summed E-state index contributed by atoms with van der Waals surface area (Å²) >= 11 is 0. The summed E-state index contributed by atoms with van der Waals surface area (Å²) in [5.41, 5.74) is 0. The normalized spacial score (nSPS) is 61.2. The molecule has 8 atom stereocenters. The van der Waals surface area contributed by atoms with E-state index in [0.29, 0.717) is 23.7 Å². The van der Waals surface area contributed by atoms with E-state index in [9.17, 15) is 9.59 Å². The van der Waals surface area contributed by atoms with Gasteiger partial charge in [-0.25, -0.2) is 0 Å². The fraction of sp³-hybridized carbons (Fsp3) is 0.857. The molecule has 0 aromatic carbocycles. The molecule has 0 aliphatic heterocycles. The van der Waals surface area contributed by atoms with Crippen LogP contribution in [0.25, 0.3) is 0 Å². The molecule has 0 saturated heterocycles. The Bertz CT molecular complexity index is 317. The lowest BCUT2D eigenvalue weighted by Gasteiger charge is -2.38. The molecule has 86 valence electrons. The van der Waals surface area contributed by atoms with Crippen LogP contribution in [0.2, 0.25) is 0 Å². The first-order valence-corrected chi connectivity index (χ1v) is 6.74. The highest BCUT2D eigenvalue weighted by Gasteiger charge is 2.64. The maximum absolute atomic E-state index is 11.1. The summed E-state index contributed by atoms with van der Waals surface area (Å²) in [5.74, 6) is 5.29. The van der Waals surface area contributed by atoms with Gasteiger partial charge in [-0.1, -0.05) is 0 Å². The summed E-state index contributed by atoms with van der Waals surface area (Å²) in [7, 11) is 0. The van der Waals surface area contributed by atoms with Gasteiger partial charge in [0.1, 0.15) is 12.6 Å². The Morgan fingerprint density at radius 3 is 1.50 bits per heavy atom. The molecule has 0 amide bonds. The van der Waals surface area contributed by atoms with Gasteiger partial charge in [-0.2, -0.15) is 0 Å². The van der Waals surface area contributed by atoms with E-state index < -0.39 is 0 Å². The van der Waals surface area contributed by atoms with Gasteiger partial charge in [0.05, 0.1) is 0 Å². The second-order valence-corrected chi connectivity index (χ2v) is 6.55. The minimum absolute atomic E-state index is 0.361. The third-order valence-corrected chi connectivity index (χ3v) is 6.27. The van der Waals surface area contributed by atoms with Crippen LogP contribution < -0.4 is 0 Å². The van der Waals surface area contributed by atoms with Gasteiger partial charge >= 0.3 is 0 Å². The van der Waals surface area contributed by atoms with Crippen molar-refractivity contribution in [1.29, 1.82) is 0 Å². The van der Waals surface area contributed by atoms with Crippen LogP contribution >= 0.6 is 0 Å². The molecule has 2 heteroatoms. The van der Waals surface area contributed by atoms with Gasteiger partial charge in [-0.05, 0) is 61.2 Å². The highest BCUT2D eigenvalue weighted by Crippen LogP contribution is 2.69. The van der Waals surface area contributed by atoms with Crippen molar-refractivity contribution in [2.24, 2.45) is 47.3 Å². The van der Waals surface area contributed by atoms with Crippen LogP contribution in [0.3, 0.4) is 0 Å². The first-order valence-electron chi connectivity index (χ1n) is 6.74. The number of fused-ring (bicyclic) bond motifs is 9. The van der Waals surface area contributed by atoms with Crippen molar-refractivity contribution >= 4 is 12.6 Å². The first kappa shape index (κ1) is 9.38. The van der Waals surface area contributed by atoms with Crippen LogP contribution in [-0.4, -0.2) is 12.6 Å². The summed E-state index contributed by atoms with van der Waals surface area (Å²) in [6.07, 6.45) is 7.26. The average Bonchev–Trinajstić information content (AvgIpc) is 3.03. The van der Waals surface area contributed by atoms with Crippen molar-refractivity contribution in [3.05, 3.63) is 0 Å². The third-order valence-electron chi connectivity index (χ3n) is 6.27. The van der Waals surface area contributed by atoms with Crippen molar-refractivity contribution in [2.75, 3.05) is 0 Å². The fourth-order valence-corrected chi connectivity index (χ4v) is 6.02. The molecule has 16 heavy (non-hydrogen) atoms. The van der Waals surface area contributed by atoms with Gasteiger partial charge in [0.2, 0.25) is 0 Å². The Labute approximate surface area is 95.8 Å². The Hall–Kier alpha value is -0.660. The van der Waals surface area contributed by atoms with Gasteiger partial charge in [0.15, 0.2) is 0 Å². The molecule has 4 aliphatic rings. The van der Waals surface area contributed by atoms with Crippen LogP contribution in [0.1, 0.15) is 25.7 Å². The van der Waals surface area contributed by atoms with E-state index in [1.807, 2.05) is 0 Å². The van der Waals surface area contributed by atoms with Crippen molar-refractivity contribution in [2.45, 2.75) is 25.7 Å². The van der Waals surface area contributed by atoms with Crippen LogP contribution in [-0.2, 0) is 9.59 Å². The van der Waals surface area contributed by atoms with Gasteiger partial charge in [0, 0.05) is 11.8 Å². The minimum atomic E-state index is 0.361. The van der Waals surface area contributed by atoms with E-state index in [1.165, 1.54) is 25.4 Å². The van der Waals surface area contributed by atoms with Gasteiger partial charge in [0.25, 0.3) is 0 Å². The lowest BCUT2D eigenvalue weighted by Crippen LogP contribution is -2.36. The van der Waals surface area contributed by atoms with Crippen LogP contribution in [0.5, 0.6) is 0 Å². The quantitative estimate of drug-likeness (QED) is 0.524. The molecule has 4 rings (SSSR count). The van der Waals surface area contributed by atoms with Crippen LogP contribution in [0.15, 0.2) is 0 Å². The molecule has 0 spiro atoms. The van der Waals surface area contributed by atoms with E-state index in [-0.39, 0.29) is 0 Å². The maximum Gasteiger partial charge on any atom is 0.123 e. The molecule has 4 saturated carbocycles. The number of carbonyl (C=O) groups is 2. The van der Waals surface area contributed by atoms with E-state index in [1.54, 1.807) is 0 Å². The molecule has 4 fully saturated rings. The summed E-state index contributed by atoms with van der Waals surface area (Å²) < 4.78 is 0. The van der Waals surface area contributed by atoms with E-state index >= 15 is 0 Å². The number of carbonyl (C=O) groups excluding carboxylic acids is 2. The molecule has 8 unspecified atom stereocenters. The van der Waals surface area contributed by atoms with E-state index in [4.69, 9.17) is 0 Å². The predicted octanol–water partition coefficient (Wildman–Crippen LogP) is 1.93. The summed E-state index contributed by atoms with van der Waals surface area (Å²) in [5, 5.41) is 0. The van der Waals surface area contributed by atoms with Crippen molar-refractivity contribution in [3.8, 4) is 0 Å². The second kappa shape index (κ2) is 2.96. The van der Waals surface area contributed by atoms with E-state index in [2.05, 4.69) is 0 Å². The zero-order valence-corrected chi connectivity index (χ0v) is 9.42. The summed E-state index contributed by atoms with van der Waals surface area (Å²) in [6.45, 7) is 0. The summed E-state index contributed by atoms with van der Waals surface area (Å²) in [6, 6.07) is 0. The van der Waals surface area contributed by atoms with Gasteiger partial charge < -0.3 is 9.59 Å². The predicted molar refractivity (Wildman–Crippen MR) is 58.5 cm³/mol. The Morgan fingerprint density at radius 2 is 1.12 bits per heavy atom.